The van der Waals surface area contributed by atoms with Gasteiger partial charge < -0.3 is 14.1 Å². The van der Waals surface area contributed by atoms with E-state index in [1.807, 2.05) is 56.3 Å². The minimum Gasteiger partial charge on any atom is -0.467 e. The second-order valence-electron chi connectivity index (χ2n) is 9.43. The molecule has 1 aliphatic rings. The Morgan fingerprint density at radius 3 is 2.46 bits per heavy atom. The van der Waals surface area contributed by atoms with E-state index in [0.717, 1.165) is 34.6 Å². The first-order valence-electron chi connectivity index (χ1n) is 12.3. The number of ether oxygens (including phenoxy) is 1. The number of guanidine groups is 1. The molecule has 0 aliphatic carbocycles. The van der Waals surface area contributed by atoms with Crippen LogP contribution < -0.4 is 4.90 Å². The topological polar surface area (TPSA) is 58.3 Å². The van der Waals surface area contributed by atoms with Crippen molar-refractivity contribution in [3.8, 4) is 0 Å². The Kier molecular flexibility index (Phi) is 8.03. The number of hydrogen-bond donors (Lipinski definition) is 0. The number of benzene rings is 2. The van der Waals surface area contributed by atoms with Crippen molar-refractivity contribution in [3.05, 3.63) is 89.4 Å². The summed E-state index contributed by atoms with van der Waals surface area (Å²) in [7, 11) is 0. The summed E-state index contributed by atoms with van der Waals surface area (Å²) in [6.45, 7) is 10.1. The summed E-state index contributed by atoms with van der Waals surface area (Å²) >= 11 is 0. The van der Waals surface area contributed by atoms with Crippen LogP contribution in [0.25, 0.3) is 0 Å². The first kappa shape index (κ1) is 24.7. The zero-order valence-corrected chi connectivity index (χ0v) is 21.1. The molecule has 1 aromatic heterocycles. The zero-order chi connectivity index (χ0) is 24.8. The highest BCUT2D eigenvalue weighted by atomic mass is 16.5. The minimum atomic E-state index is -0.473. The van der Waals surface area contributed by atoms with Gasteiger partial charge in [0.15, 0.2) is 0 Å². The van der Waals surface area contributed by atoms with Gasteiger partial charge in [-0.15, -0.1) is 0 Å². The highest BCUT2D eigenvalue weighted by Crippen LogP contribution is 2.28. The van der Waals surface area contributed by atoms with Crippen LogP contribution in [0.5, 0.6) is 0 Å². The predicted molar refractivity (Wildman–Crippen MR) is 140 cm³/mol. The molecule has 0 fully saturated rings. The fourth-order valence-electron chi connectivity index (χ4n) is 4.43. The van der Waals surface area contributed by atoms with Crippen LogP contribution in [0.4, 0.5) is 5.69 Å². The van der Waals surface area contributed by atoms with E-state index < -0.39 is 6.04 Å². The fraction of sp³-hybridized carbons (Fsp3) is 0.379. The summed E-state index contributed by atoms with van der Waals surface area (Å²) in [5.74, 6) is 1.50. The number of carbonyl (C=O) groups is 1. The number of hydrogen-bond acceptors (Lipinski definition) is 5. The van der Waals surface area contributed by atoms with Gasteiger partial charge in [0.05, 0.1) is 24.6 Å². The van der Waals surface area contributed by atoms with E-state index in [4.69, 9.17) is 14.1 Å². The number of rotatable bonds is 10. The van der Waals surface area contributed by atoms with Gasteiger partial charge in [0.2, 0.25) is 5.96 Å². The second kappa shape index (κ2) is 11.4. The molecule has 4 rings (SSSR count). The Morgan fingerprint density at radius 1 is 1.06 bits per heavy atom. The van der Waals surface area contributed by atoms with E-state index in [0.29, 0.717) is 32.1 Å². The van der Waals surface area contributed by atoms with Crippen molar-refractivity contribution in [2.24, 2.45) is 4.99 Å². The predicted octanol–water partition coefficient (Wildman–Crippen LogP) is 5.53. The maximum Gasteiger partial charge on any atom is 0.259 e. The molecule has 0 saturated heterocycles. The van der Waals surface area contributed by atoms with Crippen molar-refractivity contribution in [1.29, 1.82) is 0 Å². The van der Waals surface area contributed by atoms with E-state index in [1.165, 1.54) is 0 Å². The van der Waals surface area contributed by atoms with Crippen LogP contribution >= 0.6 is 0 Å². The summed E-state index contributed by atoms with van der Waals surface area (Å²) in [4.78, 5) is 22.8. The van der Waals surface area contributed by atoms with Gasteiger partial charge in [-0.3, -0.25) is 4.79 Å². The Labute approximate surface area is 208 Å². The van der Waals surface area contributed by atoms with Gasteiger partial charge in [0.25, 0.3) is 5.91 Å². The molecule has 1 amide bonds. The number of carbonyl (C=O) groups excluding carboxylic acids is 1. The Morgan fingerprint density at radius 2 is 1.80 bits per heavy atom. The van der Waals surface area contributed by atoms with Gasteiger partial charge in [-0.05, 0) is 75.1 Å². The third-order valence-corrected chi connectivity index (χ3v) is 5.95. The largest absolute Gasteiger partial charge is 0.467 e. The first-order chi connectivity index (χ1) is 16.9. The summed E-state index contributed by atoms with van der Waals surface area (Å²) in [5, 5.41) is 0. The third-order valence-electron chi connectivity index (χ3n) is 5.95. The molecule has 184 valence electrons. The SMILES string of the molecule is Cc1cc(C)cc(N2C(=O)C(Cc3ccccc3)N=C2N(CCCOC(C)C)Cc2ccco2)c1. The lowest BCUT2D eigenvalue weighted by Crippen LogP contribution is -2.45. The summed E-state index contributed by atoms with van der Waals surface area (Å²) in [6.07, 6.45) is 3.24. The van der Waals surface area contributed by atoms with Crippen molar-refractivity contribution in [2.75, 3.05) is 18.1 Å². The molecule has 0 radical (unpaired) electrons. The molecule has 1 atom stereocenters. The fourth-order valence-corrected chi connectivity index (χ4v) is 4.43. The molecular weight excluding hydrogens is 438 g/mol. The summed E-state index contributed by atoms with van der Waals surface area (Å²) in [5.41, 5.74) is 4.17. The third kappa shape index (κ3) is 6.40. The molecule has 0 spiro atoms. The van der Waals surface area contributed by atoms with Gasteiger partial charge in [-0.1, -0.05) is 36.4 Å². The smallest absolute Gasteiger partial charge is 0.259 e. The van der Waals surface area contributed by atoms with Gasteiger partial charge in [-0.2, -0.15) is 0 Å². The Bertz CT molecular complexity index is 1120. The highest BCUT2D eigenvalue weighted by molar-refractivity contribution is 6.22. The van der Waals surface area contributed by atoms with E-state index in [1.54, 1.807) is 11.2 Å². The van der Waals surface area contributed by atoms with Crippen LogP contribution in [0.1, 0.15) is 42.7 Å². The number of aliphatic imine (C=N–C) groups is 1. The maximum absolute atomic E-state index is 13.8. The minimum absolute atomic E-state index is 0.00303. The standard InChI is InChI=1S/C29H35N3O3/c1-21(2)34-15-9-13-31(20-26-12-8-14-35-26)29-30-27(19-24-10-6-5-7-11-24)28(33)32(29)25-17-22(3)16-23(4)18-25/h5-8,10-12,14,16-18,21,27H,9,13,15,19-20H2,1-4H3. The van der Waals surface area contributed by atoms with Crippen molar-refractivity contribution < 1.29 is 13.9 Å². The lowest BCUT2D eigenvalue weighted by Gasteiger charge is -2.30. The molecule has 0 N–H and O–H groups in total. The number of anilines is 1. The molecule has 6 heteroatoms. The Hall–Kier alpha value is -3.38. The quantitative estimate of drug-likeness (QED) is 0.364. The van der Waals surface area contributed by atoms with Crippen molar-refractivity contribution >= 4 is 17.6 Å². The van der Waals surface area contributed by atoms with Gasteiger partial charge in [0, 0.05) is 19.6 Å². The van der Waals surface area contributed by atoms with Crippen LogP contribution in [0.3, 0.4) is 0 Å². The average molecular weight is 474 g/mol. The molecule has 6 nitrogen and oxygen atoms in total. The molecule has 35 heavy (non-hydrogen) atoms. The molecule has 0 bridgehead atoms. The lowest BCUT2D eigenvalue weighted by molar-refractivity contribution is -0.118. The molecule has 2 heterocycles. The molecule has 2 aromatic carbocycles. The molecular formula is C29H35N3O3. The molecule has 1 unspecified atom stereocenters. The highest BCUT2D eigenvalue weighted by Gasteiger charge is 2.38. The average Bonchev–Trinajstić information content (AvgIpc) is 3.44. The number of furan rings is 1. The van der Waals surface area contributed by atoms with Crippen molar-refractivity contribution in [1.82, 2.24) is 4.90 Å². The number of nitrogens with zero attached hydrogens (tertiary/aromatic N) is 3. The van der Waals surface area contributed by atoms with E-state index in [9.17, 15) is 4.79 Å². The van der Waals surface area contributed by atoms with Crippen LogP contribution in [0, 0.1) is 13.8 Å². The normalized spacial score (nSPS) is 15.7. The molecule has 1 aliphatic heterocycles. The molecule has 0 saturated carbocycles. The monoisotopic (exact) mass is 473 g/mol. The number of aryl methyl sites for hydroxylation is 2. The first-order valence-corrected chi connectivity index (χ1v) is 12.3. The number of amides is 1. The summed E-state index contributed by atoms with van der Waals surface area (Å²) < 4.78 is 11.4. The van der Waals surface area contributed by atoms with Crippen LogP contribution in [0.15, 0.2) is 76.3 Å². The lowest BCUT2D eigenvalue weighted by atomic mass is 10.1. The van der Waals surface area contributed by atoms with E-state index >= 15 is 0 Å². The van der Waals surface area contributed by atoms with Gasteiger partial charge in [0.1, 0.15) is 11.8 Å². The zero-order valence-electron chi connectivity index (χ0n) is 21.1. The maximum atomic E-state index is 13.8. The van der Waals surface area contributed by atoms with Gasteiger partial charge >= 0.3 is 0 Å². The van der Waals surface area contributed by atoms with Crippen LogP contribution in [-0.4, -0.2) is 42.1 Å². The molecule has 3 aromatic rings. The summed E-state index contributed by atoms with van der Waals surface area (Å²) in [6, 6.07) is 19.7. The van der Waals surface area contributed by atoms with Crippen molar-refractivity contribution in [3.63, 3.8) is 0 Å². The Balaban J connectivity index is 1.68. The van der Waals surface area contributed by atoms with Crippen molar-refractivity contribution in [2.45, 2.75) is 59.2 Å². The van der Waals surface area contributed by atoms with Crippen LogP contribution in [-0.2, 0) is 22.5 Å². The van der Waals surface area contributed by atoms with Crippen LogP contribution in [0.2, 0.25) is 0 Å². The van der Waals surface area contributed by atoms with Gasteiger partial charge in [-0.25, -0.2) is 9.89 Å². The van der Waals surface area contributed by atoms with E-state index in [2.05, 4.69) is 36.9 Å². The van der Waals surface area contributed by atoms with E-state index in [-0.39, 0.29) is 12.0 Å². The second-order valence-corrected chi connectivity index (χ2v) is 9.43.